The first-order valence-electron chi connectivity index (χ1n) is 7.84. The first-order chi connectivity index (χ1) is 11.2. The molecule has 1 aliphatic carbocycles. The van der Waals surface area contributed by atoms with E-state index >= 15 is 0 Å². The fraction of sp³-hybridized carbons (Fsp3) is 0.471. The number of ether oxygens (including phenoxy) is 2. The molecule has 0 bridgehead atoms. The SMILES string of the molecule is O=c1oc2c(cc1CCC1(c3ccco3)OCCO1)CCC2O. The highest BCUT2D eigenvalue weighted by Crippen LogP contribution is 2.36. The minimum absolute atomic E-state index is 0.405. The van der Waals surface area contributed by atoms with E-state index in [4.69, 9.17) is 18.3 Å². The molecule has 1 unspecified atom stereocenters. The Labute approximate surface area is 132 Å². The maximum absolute atomic E-state index is 12.1. The first kappa shape index (κ1) is 14.7. The number of aliphatic hydroxyl groups is 1. The summed E-state index contributed by atoms with van der Waals surface area (Å²) in [7, 11) is 0. The van der Waals surface area contributed by atoms with E-state index in [1.54, 1.807) is 12.3 Å². The number of rotatable bonds is 4. The third kappa shape index (κ3) is 2.52. The summed E-state index contributed by atoms with van der Waals surface area (Å²) in [5.41, 5.74) is 1.08. The van der Waals surface area contributed by atoms with E-state index in [2.05, 4.69) is 0 Å². The van der Waals surface area contributed by atoms with Crippen LogP contribution in [0.25, 0.3) is 0 Å². The van der Waals surface area contributed by atoms with Crippen molar-refractivity contribution in [2.75, 3.05) is 13.2 Å². The lowest BCUT2D eigenvalue weighted by atomic mass is 10.0. The Morgan fingerprint density at radius 3 is 2.87 bits per heavy atom. The lowest BCUT2D eigenvalue weighted by molar-refractivity contribution is -0.183. The number of fused-ring (bicyclic) bond motifs is 1. The molecule has 122 valence electrons. The molecule has 6 heteroatoms. The van der Waals surface area contributed by atoms with E-state index in [-0.39, 0.29) is 0 Å². The molecule has 1 saturated heterocycles. The number of hydrogen-bond acceptors (Lipinski definition) is 6. The zero-order valence-electron chi connectivity index (χ0n) is 12.6. The van der Waals surface area contributed by atoms with Crippen LogP contribution in [0.1, 0.15) is 41.6 Å². The number of furan rings is 1. The summed E-state index contributed by atoms with van der Waals surface area (Å²) in [6, 6.07) is 5.43. The van der Waals surface area contributed by atoms with Gasteiger partial charge >= 0.3 is 5.63 Å². The maximum atomic E-state index is 12.1. The van der Waals surface area contributed by atoms with Crippen LogP contribution < -0.4 is 5.63 Å². The van der Waals surface area contributed by atoms with Crippen molar-refractivity contribution in [3.8, 4) is 0 Å². The Balaban J connectivity index is 1.58. The molecule has 1 atom stereocenters. The van der Waals surface area contributed by atoms with Crippen molar-refractivity contribution < 1.29 is 23.4 Å². The minimum atomic E-state index is -0.936. The second-order valence-electron chi connectivity index (χ2n) is 5.93. The lowest BCUT2D eigenvalue weighted by Crippen LogP contribution is -2.28. The summed E-state index contributed by atoms with van der Waals surface area (Å²) in [6.07, 6.45) is 3.16. The highest BCUT2D eigenvalue weighted by Gasteiger charge is 2.41. The Hall–Kier alpha value is -1.89. The van der Waals surface area contributed by atoms with Gasteiger partial charge < -0.3 is 23.4 Å². The van der Waals surface area contributed by atoms with Gasteiger partial charge in [0.25, 0.3) is 0 Å². The van der Waals surface area contributed by atoms with Gasteiger partial charge in [-0.1, -0.05) is 0 Å². The Morgan fingerprint density at radius 2 is 2.13 bits per heavy atom. The van der Waals surface area contributed by atoms with Crippen LogP contribution in [0.15, 0.2) is 38.1 Å². The van der Waals surface area contributed by atoms with Crippen molar-refractivity contribution in [2.24, 2.45) is 0 Å². The molecule has 2 aromatic heterocycles. The van der Waals surface area contributed by atoms with Crippen LogP contribution in [0.3, 0.4) is 0 Å². The smallest absolute Gasteiger partial charge is 0.339 e. The van der Waals surface area contributed by atoms with Crippen LogP contribution in [0.2, 0.25) is 0 Å². The van der Waals surface area contributed by atoms with Gasteiger partial charge in [-0.25, -0.2) is 4.79 Å². The fourth-order valence-corrected chi connectivity index (χ4v) is 3.31. The average molecular weight is 318 g/mol. The Kier molecular flexibility index (Phi) is 3.60. The van der Waals surface area contributed by atoms with Crippen LogP contribution in [0, 0.1) is 0 Å². The zero-order chi connectivity index (χ0) is 15.9. The van der Waals surface area contributed by atoms with E-state index in [1.165, 1.54) is 0 Å². The molecule has 0 aromatic carbocycles. The number of aryl methyl sites for hydroxylation is 2. The molecule has 0 saturated carbocycles. The molecule has 0 radical (unpaired) electrons. The molecule has 23 heavy (non-hydrogen) atoms. The summed E-state index contributed by atoms with van der Waals surface area (Å²) in [6.45, 7) is 0.984. The van der Waals surface area contributed by atoms with E-state index in [0.717, 1.165) is 12.0 Å². The number of hydrogen-bond donors (Lipinski definition) is 1. The van der Waals surface area contributed by atoms with Crippen LogP contribution in [0.5, 0.6) is 0 Å². The average Bonchev–Trinajstić information content (AvgIpc) is 3.27. The molecule has 2 aromatic rings. The molecule has 6 nitrogen and oxygen atoms in total. The monoisotopic (exact) mass is 318 g/mol. The topological polar surface area (TPSA) is 82.0 Å². The van der Waals surface area contributed by atoms with E-state index in [1.807, 2.05) is 12.1 Å². The molecule has 0 spiro atoms. The Morgan fingerprint density at radius 1 is 1.30 bits per heavy atom. The van der Waals surface area contributed by atoms with Gasteiger partial charge in [-0.2, -0.15) is 0 Å². The summed E-state index contributed by atoms with van der Waals surface area (Å²) in [5.74, 6) is 0.0814. The van der Waals surface area contributed by atoms with Crippen molar-refractivity contribution in [3.05, 3.63) is 57.5 Å². The summed E-state index contributed by atoms with van der Waals surface area (Å²) in [4.78, 5) is 12.1. The highest BCUT2D eigenvalue weighted by molar-refractivity contribution is 5.28. The molecule has 2 aliphatic rings. The van der Waals surface area contributed by atoms with Crippen molar-refractivity contribution >= 4 is 0 Å². The molecular formula is C17H18O6. The van der Waals surface area contributed by atoms with Gasteiger partial charge in [-0.05, 0) is 43.0 Å². The van der Waals surface area contributed by atoms with Crippen molar-refractivity contribution in [1.82, 2.24) is 0 Å². The maximum Gasteiger partial charge on any atom is 0.339 e. The third-order valence-corrected chi connectivity index (χ3v) is 4.49. The zero-order valence-corrected chi connectivity index (χ0v) is 12.6. The predicted molar refractivity (Wildman–Crippen MR) is 78.9 cm³/mol. The van der Waals surface area contributed by atoms with Crippen LogP contribution in [0.4, 0.5) is 0 Å². The predicted octanol–water partition coefficient (Wildman–Crippen LogP) is 2.04. The second-order valence-corrected chi connectivity index (χ2v) is 5.93. The Bertz CT molecular complexity index is 739. The van der Waals surface area contributed by atoms with Crippen LogP contribution in [-0.2, 0) is 28.1 Å². The van der Waals surface area contributed by atoms with Gasteiger partial charge in [-0.3, -0.25) is 0 Å². The van der Waals surface area contributed by atoms with Gasteiger partial charge in [0, 0.05) is 12.0 Å². The second kappa shape index (κ2) is 5.63. The molecule has 0 amide bonds. The molecule has 1 fully saturated rings. The van der Waals surface area contributed by atoms with E-state index < -0.39 is 17.5 Å². The van der Waals surface area contributed by atoms with Crippen molar-refractivity contribution in [3.63, 3.8) is 0 Å². The van der Waals surface area contributed by atoms with Crippen molar-refractivity contribution in [2.45, 2.75) is 37.6 Å². The van der Waals surface area contributed by atoms with Gasteiger partial charge in [0.2, 0.25) is 5.79 Å². The van der Waals surface area contributed by atoms with Gasteiger partial charge in [0.1, 0.15) is 11.9 Å². The molecule has 3 heterocycles. The van der Waals surface area contributed by atoms with Crippen LogP contribution in [-0.4, -0.2) is 18.3 Å². The third-order valence-electron chi connectivity index (χ3n) is 4.49. The first-order valence-corrected chi connectivity index (χ1v) is 7.84. The molecule has 1 N–H and O–H groups in total. The minimum Gasteiger partial charge on any atom is -0.464 e. The van der Waals surface area contributed by atoms with Crippen LogP contribution >= 0.6 is 0 Å². The summed E-state index contributed by atoms with van der Waals surface area (Å²) < 4.78 is 22.3. The molecular weight excluding hydrogens is 300 g/mol. The van der Waals surface area contributed by atoms with E-state index in [9.17, 15) is 9.90 Å². The van der Waals surface area contributed by atoms with Gasteiger partial charge in [0.05, 0.1) is 19.5 Å². The summed E-state index contributed by atoms with van der Waals surface area (Å²) in [5, 5.41) is 9.78. The van der Waals surface area contributed by atoms with Crippen molar-refractivity contribution in [1.29, 1.82) is 0 Å². The molecule has 4 rings (SSSR count). The normalized spacial score (nSPS) is 22.4. The quantitative estimate of drug-likeness (QED) is 0.929. The molecule has 1 aliphatic heterocycles. The van der Waals surface area contributed by atoms with Gasteiger partial charge in [0.15, 0.2) is 5.76 Å². The largest absolute Gasteiger partial charge is 0.464 e. The highest BCUT2D eigenvalue weighted by atomic mass is 16.7. The summed E-state index contributed by atoms with van der Waals surface area (Å²) >= 11 is 0. The number of aliphatic hydroxyl groups excluding tert-OH is 1. The standard InChI is InChI=1S/C17H18O6/c18-13-4-3-11-10-12(16(19)23-15(11)13)5-6-17(21-8-9-22-17)14-2-1-7-20-14/h1-2,7,10,13,18H,3-6,8-9H2. The fourth-order valence-electron chi connectivity index (χ4n) is 3.31. The van der Waals surface area contributed by atoms with Gasteiger partial charge in [-0.15, -0.1) is 0 Å². The lowest BCUT2D eigenvalue weighted by Gasteiger charge is -2.24. The van der Waals surface area contributed by atoms with E-state index in [0.29, 0.717) is 49.6 Å².